The van der Waals surface area contributed by atoms with E-state index in [0.717, 1.165) is 31.9 Å². The Morgan fingerprint density at radius 1 is 1.05 bits per heavy atom. The van der Waals surface area contributed by atoms with Crippen molar-refractivity contribution in [2.24, 2.45) is 0 Å². The summed E-state index contributed by atoms with van der Waals surface area (Å²) in [5.74, 6) is 0. The molecule has 0 atom stereocenters. The Kier molecular flexibility index (Phi) is 4.11. The number of nitro benzene ring substituents is 1. The number of hydrogen-bond donors (Lipinski definition) is 0. The molecule has 7 heteroatoms. The molecule has 1 aliphatic heterocycles. The fraction of sp³-hybridized carbons (Fsp3) is 0.267. The van der Waals surface area contributed by atoms with Crippen LogP contribution in [-0.4, -0.2) is 31.1 Å². The Bertz CT molecular complexity index is 672. The predicted molar refractivity (Wildman–Crippen MR) is 85.5 cm³/mol. The van der Waals surface area contributed by atoms with Crippen molar-refractivity contribution in [1.29, 1.82) is 0 Å². The number of anilines is 2. The molecule has 0 amide bonds. The summed E-state index contributed by atoms with van der Waals surface area (Å²) in [6, 6.07) is 8.90. The number of nitrogens with zero attached hydrogens (tertiary/aromatic N) is 3. The number of hydrogen-bond acceptors (Lipinski definition) is 4. The number of rotatable bonds is 3. The van der Waals surface area contributed by atoms with Gasteiger partial charge in [-0.3, -0.25) is 10.1 Å². The van der Waals surface area contributed by atoms with Gasteiger partial charge in [-0.05, 0) is 12.1 Å². The number of aromatic amines is 1. The van der Waals surface area contributed by atoms with Crippen LogP contribution in [0.25, 0.3) is 0 Å². The second kappa shape index (κ2) is 6.19. The highest BCUT2D eigenvalue weighted by Crippen LogP contribution is 2.32. The molecule has 114 valence electrons. The Morgan fingerprint density at radius 2 is 1.68 bits per heavy atom. The van der Waals surface area contributed by atoms with Crippen LogP contribution in [0.15, 0.2) is 42.7 Å². The maximum atomic E-state index is 11.2. The Labute approximate surface area is 133 Å². The van der Waals surface area contributed by atoms with Gasteiger partial charge in [0.15, 0.2) is 12.4 Å². The smallest absolute Gasteiger partial charge is 0.294 e. The van der Waals surface area contributed by atoms with Crippen LogP contribution in [0.5, 0.6) is 0 Å². The summed E-state index contributed by atoms with van der Waals surface area (Å²) in [5, 5.41) is 11.6. The molecule has 1 fully saturated rings. The molecule has 2 heterocycles. The van der Waals surface area contributed by atoms with Gasteiger partial charge in [0.2, 0.25) is 0 Å². The van der Waals surface area contributed by atoms with Gasteiger partial charge in [0.25, 0.3) is 5.69 Å². The summed E-state index contributed by atoms with van der Waals surface area (Å²) in [5.41, 5.74) is 1.86. The summed E-state index contributed by atoms with van der Waals surface area (Å²) >= 11 is 5.87. The SMILES string of the molecule is O=[N+]([O-])c1cc(Cl)ccc1N1CCN(c2cc[nH+]cc2)CC1. The average molecular weight is 320 g/mol. The van der Waals surface area contributed by atoms with Crippen LogP contribution in [0.4, 0.5) is 17.1 Å². The monoisotopic (exact) mass is 319 g/mol. The summed E-state index contributed by atoms with van der Waals surface area (Å²) in [6.07, 6.45) is 3.79. The third-order valence-corrected chi connectivity index (χ3v) is 4.06. The summed E-state index contributed by atoms with van der Waals surface area (Å²) in [6.45, 7) is 3.12. The van der Waals surface area contributed by atoms with Crippen LogP contribution in [0.3, 0.4) is 0 Å². The molecule has 0 saturated carbocycles. The lowest BCUT2D eigenvalue weighted by Crippen LogP contribution is -2.46. The molecule has 1 N–H and O–H groups in total. The molecule has 1 aliphatic rings. The van der Waals surface area contributed by atoms with Crippen molar-refractivity contribution in [2.45, 2.75) is 0 Å². The quantitative estimate of drug-likeness (QED) is 0.643. The molecular weight excluding hydrogens is 304 g/mol. The van der Waals surface area contributed by atoms with Gasteiger partial charge < -0.3 is 9.80 Å². The summed E-state index contributed by atoms with van der Waals surface area (Å²) in [4.78, 5) is 18.2. The standard InChI is InChI=1S/C15H15ClN4O2/c16-12-1-2-14(15(11-12)20(21)22)19-9-7-18(8-10-19)13-3-5-17-6-4-13/h1-6,11H,7-10H2/p+1. The number of pyridine rings is 1. The highest BCUT2D eigenvalue weighted by molar-refractivity contribution is 6.30. The normalized spacial score (nSPS) is 15.0. The average Bonchev–Trinajstić information content (AvgIpc) is 2.56. The minimum atomic E-state index is -0.374. The van der Waals surface area contributed by atoms with E-state index in [1.165, 1.54) is 6.07 Å². The van der Waals surface area contributed by atoms with Gasteiger partial charge in [-0.2, -0.15) is 0 Å². The zero-order chi connectivity index (χ0) is 15.5. The van der Waals surface area contributed by atoms with Gasteiger partial charge in [0, 0.05) is 55.1 Å². The lowest BCUT2D eigenvalue weighted by atomic mass is 10.2. The molecule has 0 radical (unpaired) electrons. The van der Waals surface area contributed by atoms with Gasteiger partial charge in [0.05, 0.1) is 4.92 Å². The number of piperazine rings is 1. The highest BCUT2D eigenvalue weighted by atomic mass is 35.5. The van der Waals surface area contributed by atoms with E-state index in [1.807, 2.05) is 29.4 Å². The van der Waals surface area contributed by atoms with E-state index in [1.54, 1.807) is 12.1 Å². The van der Waals surface area contributed by atoms with E-state index in [0.29, 0.717) is 10.7 Å². The second-order valence-corrected chi connectivity index (χ2v) is 5.56. The van der Waals surface area contributed by atoms with E-state index in [2.05, 4.69) is 9.88 Å². The van der Waals surface area contributed by atoms with Crippen LogP contribution in [0.2, 0.25) is 5.02 Å². The molecule has 0 spiro atoms. The number of nitrogens with one attached hydrogen (secondary N) is 1. The molecule has 3 rings (SSSR count). The maximum absolute atomic E-state index is 11.2. The van der Waals surface area contributed by atoms with E-state index in [-0.39, 0.29) is 10.6 Å². The van der Waals surface area contributed by atoms with Gasteiger partial charge in [-0.15, -0.1) is 0 Å². The van der Waals surface area contributed by atoms with E-state index < -0.39 is 0 Å². The third kappa shape index (κ3) is 2.96. The molecule has 0 unspecified atom stereocenters. The molecule has 1 saturated heterocycles. The molecule has 6 nitrogen and oxygen atoms in total. The van der Waals surface area contributed by atoms with Crippen LogP contribution < -0.4 is 14.8 Å². The first-order valence-corrected chi connectivity index (χ1v) is 7.43. The number of aromatic nitrogens is 1. The van der Waals surface area contributed by atoms with Crippen molar-refractivity contribution in [3.05, 3.63) is 57.9 Å². The van der Waals surface area contributed by atoms with Crippen molar-refractivity contribution in [2.75, 3.05) is 36.0 Å². The number of nitro groups is 1. The Morgan fingerprint density at radius 3 is 2.32 bits per heavy atom. The van der Waals surface area contributed by atoms with Crippen LogP contribution >= 0.6 is 11.6 Å². The summed E-state index contributed by atoms with van der Waals surface area (Å²) < 4.78 is 0. The first-order valence-electron chi connectivity index (χ1n) is 7.05. The lowest BCUT2D eigenvalue weighted by Gasteiger charge is -2.36. The first-order chi connectivity index (χ1) is 10.6. The minimum Gasteiger partial charge on any atom is -0.368 e. The van der Waals surface area contributed by atoms with Crippen LogP contribution in [0, 0.1) is 10.1 Å². The van der Waals surface area contributed by atoms with E-state index in [9.17, 15) is 10.1 Å². The molecule has 1 aromatic heterocycles. The first kappa shape index (κ1) is 14.6. The largest absolute Gasteiger partial charge is 0.368 e. The van der Waals surface area contributed by atoms with Crippen LogP contribution in [0.1, 0.15) is 0 Å². The zero-order valence-electron chi connectivity index (χ0n) is 11.9. The summed E-state index contributed by atoms with van der Waals surface area (Å²) in [7, 11) is 0. The maximum Gasteiger partial charge on any atom is 0.294 e. The van der Waals surface area contributed by atoms with Gasteiger partial charge in [0.1, 0.15) is 5.69 Å². The van der Waals surface area contributed by atoms with Crippen molar-refractivity contribution >= 4 is 28.7 Å². The third-order valence-electron chi connectivity index (χ3n) is 3.82. The second-order valence-electron chi connectivity index (χ2n) is 5.12. The van der Waals surface area contributed by atoms with Gasteiger partial charge in [-0.1, -0.05) is 11.6 Å². The molecule has 0 aliphatic carbocycles. The molecule has 0 bridgehead atoms. The van der Waals surface area contributed by atoms with Crippen molar-refractivity contribution in [3.8, 4) is 0 Å². The van der Waals surface area contributed by atoms with E-state index in [4.69, 9.17) is 11.6 Å². The molecule has 2 aromatic rings. The fourth-order valence-corrected chi connectivity index (χ4v) is 2.87. The lowest BCUT2D eigenvalue weighted by molar-refractivity contribution is -0.384. The van der Waals surface area contributed by atoms with Crippen molar-refractivity contribution < 1.29 is 9.91 Å². The predicted octanol–water partition coefficient (Wildman–Crippen LogP) is 2.39. The number of H-pyrrole nitrogens is 1. The number of benzene rings is 1. The molecule has 1 aromatic carbocycles. The zero-order valence-corrected chi connectivity index (χ0v) is 12.7. The van der Waals surface area contributed by atoms with Crippen molar-refractivity contribution in [3.63, 3.8) is 0 Å². The topological polar surface area (TPSA) is 63.8 Å². The fourth-order valence-electron chi connectivity index (χ4n) is 2.70. The minimum absolute atomic E-state index is 0.0651. The number of halogens is 1. The van der Waals surface area contributed by atoms with Gasteiger partial charge >= 0.3 is 0 Å². The molecular formula is C15H16ClN4O2+. The van der Waals surface area contributed by atoms with Gasteiger partial charge in [-0.25, -0.2) is 4.98 Å². The Balaban J connectivity index is 1.76. The van der Waals surface area contributed by atoms with Crippen molar-refractivity contribution in [1.82, 2.24) is 0 Å². The van der Waals surface area contributed by atoms with E-state index >= 15 is 0 Å². The Hall–Kier alpha value is -2.34. The molecule has 22 heavy (non-hydrogen) atoms. The highest BCUT2D eigenvalue weighted by Gasteiger charge is 2.24. The van der Waals surface area contributed by atoms with Crippen LogP contribution in [-0.2, 0) is 0 Å².